The number of nitrogens with one attached hydrogen (secondary N) is 1. The molecule has 1 amide bonds. The second-order valence-electron chi connectivity index (χ2n) is 6.51. The Bertz CT molecular complexity index is 745. The van der Waals surface area contributed by atoms with Crippen molar-refractivity contribution in [1.82, 2.24) is 5.32 Å². The van der Waals surface area contributed by atoms with Crippen molar-refractivity contribution in [3.05, 3.63) is 71.3 Å². The van der Waals surface area contributed by atoms with Crippen LogP contribution in [0.4, 0.5) is 0 Å². The zero-order valence-corrected chi connectivity index (χ0v) is 15.1. The van der Waals surface area contributed by atoms with Gasteiger partial charge in [-0.1, -0.05) is 54.6 Å². The van der Waals surface area contributed by atoms with Gasteiger partial charge in [-0.25, -0.2) is 4.79 Å². The summed E-state index contributed by atoms with van der Waals surface area (Å²) in [4.78, 5) is 23.7. The van der Waals surface area contributed by atoms with Crippen LogP contribution in [0.3, 0.4) is 0 Å². The fourth-order valence-electron chi connectivity index (χ4n) is 2.94. The SMILES string of the molecule is Cc1ccccc1CCC(C(=O)NC(C)C(O)C(=O)O)c1ccccc1. The van der Waals surface area contributed by atoms with Crippen LogP contribution in [-0.4, -0.2) is 34.2 Å². The van der Waals surface area contributed by atoms with Gasteiger partial charge in [0.1, 0.15) is 0 Å². The third-order valence-electron chi connectivity index (χ3n) is 4.58. The maximum atomic E-state index is 12.8. The number of aryl methyl sites for hydroxylation is 2. The summed E-state index contributed by atoms with van der Waals surface area (Å²) < 4.78 is 0. The number of aliphatic hydroxyl groups excluding tert-OH is 1. The first-order chi connectivity index (χ1) is 12.4. The van der Waals surface area contributed by atoms with Gasteiger partial charge in [0, 0.05) is 0 Å². The standard InChI is InChI=1S/C21H25NO4/c1-14-8-6-7-9-16(14)12-13-18(17-10-4-3-5-11-17)20(24)22-15(2)19(23)21(25)26/h3-11,15,18-19,23H,12-13H2,1-2H3,(H,22,24)(H,25,26). The molecule has 0 spiro atoms. The number of carboxylic acid groups (broad SMARTS) is 1. The molecular weight excluding hydrogens is 330 g/mol. The Labute approximate surface area is 153 Å². The fourth-order valence-corrected chi connectivity index (χ4v) is 2.94. The van der Waals surface area contributed by atoms with Crippen molar-refractivity contribution in [2.75, 3.05) is 0 Å². The van der Waals surface area contributed by atoms with Crippen molar-refractivity contribution in [3.63, 3.8) is 0 Å². The van der Waals surface area contributed by atoms with Gasteiger partial charge in [-0.3, -0.25) is 4.79 Å². The van der Waals surface area contributed by atoms with E-state index in [-0.39, 0.29) is 5.91 Å². The van der Waals surface area contributed by atoms with E-state index in [0.717, 1.165) is 12.0 Å². The summed E-state index contributed by atoms with van der Waals surface area (Å²) in [5.41, 5.74) is 3.23. The summed E-state index contributed by atoms with van der Waals surface area (Å²) in [6.07, 6.45) is -0.307. The topological polar surface area (TPSA) is 86.6 Å². The van der Waals surface area contributed by atoms with Crippen LogP contribution in [-0.2, 0) is 16.0 Å². The Morgan fingerprint density at radius 1 is 1.04 bits per heavy atom. The Balaban J connectivity index is 2.15. The number of aliphatic carboxylic acids is 1. The normalized spacial score (nSPS) is 14.3. The average Bonchev–Trinajstić information content (AvgIpc) is 2.63. The summed E-state index contributed by atoms with van der Waals surface area (Å²) >= 11 is 0. The summed E-state index contributed by atoms with van der Waals surface area (Å²) in [6.45, 7) is 3.53. The van der Waals surface area contributed by atoms with E-state index in [4.69, 9.17) is 5.11 Å². The van der Waals surface area contributed by atoms with Crippen molar-refractivity contribution >= 4 is 11.9 Å². The van der Waals surface area contributed by atoms with Gasteiger partial charge in [0.15, 0.2) is 6.10 Å². The highest BCUT2D eigenvalue weighted by molar-refractivity contribution is 5.84. The van der Waals surface area contributed by atoms with Crippen LogP contribution in [0.5, 0.6) is 0 Å². The van der Waals surface area contributed by atoms with Gasteiger partial charge >= 0.3 is 5.97 Å². The molecule has 0 fully saturated rings. The van der Waals surface area contributed by atoms with Crippen molar-refractivity contribution in [3.8, 4) is 0 Å². The van der Waals surface area contributed by atoms with E-state index in [1.54, 1.807) is 0 Å². The van der Waals surface area contributed by atoms with E-state index in [1.165, 1.54) is 18.1 Å². The molecule has 0 aliphatic rings. The quantitative estimate of drug-likeness (QED) is 0.679. The lowest BCUT2D eigenvalue weighted by Gasteiger charge is -2.22. The molecule has 0 radical (unpaired) electrons. The molecule has 26 heavy (non-hydrogen) atoms. The predicted octanol–water partition coefficient (Wildman–Crippen LogP) is 2.66. The maximum Gasteiger partial charge on any atom is 0.334 e. The molecule has 0 saturated carbocycles. The van der Waals surface area contributed by atoms with Crippen LogP contribution >= 0.6 is 0 Å². The highest BCUT2D eigenvalue weighted by Gasteiger charge is 2.27. The number of aliphatic hydroxyl groups is 1. The lowest BCUT2D eigenvalue weighted by molar-refractivity contribution is -0.148. The third kappa shape index (κ3) is 5.17. The molecular formula is C21H25NO4. The minimum atomic E-state index is -1.63. The molecule has 3 unspecified atom stereocenters. The van der Waals surface area contributed by atoms with E-state index < -0.39 is 24.0 Å². The molecule has 3 N–H and O–H groups in total. The largest absolute Gasteiger partial charge is 0.479 e. The first-order valence-electron chi connectivity index (χ1n) is 8.71. The summed E-state index contributed by atoms with van der Waals surface area (Å²) in [7, 11) is 0. The molecule has 3 atom stereocenters. The molecule has 0 aromatic heterocycles. The number of hydrogen-bond acceptors (Lipinski definition) is 3. The van der Waals surface area contributed by atoms with Gasteiger partial charge in [0.2, 0.25) is 5.91 Å². The van der Waals surface area contributed by atoms with Crippen LogP contribution in [0.15, 0.2) is 54.6 Å². The van der Waals surface area contributed by atoms with E-state index in [9.17, 15) is 14.7 Å². The summed E-state index contributed by atoms with van der Waals surface area (Å²) in [5, 5.41) is 21.2. The molecule has 0 heterocycles. The van der Waals surface area contributed by atoms with Crippen molar-refractivity contribution in [2.45, 2.75) is 44.8 Å². The molecule has 138 valence electrons. The fraction of sp³-hybridized carbons (Fsp3) is 0.333. The molecule has 0 aliphatic heterocycles. The second kappa shape index (κ2) is 9.15. The minimum absolute atomic E-state index is 0.280. The lowest BCUT2D eigenvalue weighted by atomic mass is 9.90. The van der Waals surface area contributed by atoms with Gasteiger partial charge in [-0.2, -0.15) is 0 Å². The molecule has 5 heteroatoms. The zero-order valence-electron chi connectivity index (χ0n) is 15.1. The van der Waals surface area contributed by atoms with Gasteiger partial charge in [-0.05, 0) is 43.4 Å². The van der Waals surface area contributed by atoms with Gasteiger partial charge < -0.3 is 15.5 Å². The minimum Gasteiger partial charge on any atom is -0.479 e. The molecule has 0 saturated heterocycles. The molecule has 5 nitrogen and oxygen atoms in total. The van der Waals surface area contributed by atoms with Crippen LogP contribution < -0.4 is 5.32 Å². The number of benzene rings is 2. The predicted molar refractivity (Wildman–Crippen MR) is 99.9 cm³/mol. The van der Waals surface area contributed by atoms with Gasteiger partial charge in [0.25, 0.3) is 0 Å². The Hall–Kier alpha value is -2.66. The molecule has 2 rings (SSSR count). The average molecular weight is 355 g/mol. The zero-order chi connectivity index (χ0) is 19.1. The number of hydrogen-bond donors (Lipinski definition) is 3. The van der Waals surface area contributed by atoms with Gasteiger partial charge in [-0.15, -0.1) is 0 Å². The molecule has 0 bridgehead atoms. The smallest absolute Gasteiger partial charge is 0.334 e. The third-order valence-corrected chi connectivity index (χ3v) is 4.58. The summed E-state index contributed by atoms with van der Waals surface area (Å²) in [6, 6.07) is 16.6. The van der Waals surface area contributed by atoms with Gasteiger partial charge in [0.05, 0.1) is 12.0 Å². The molecule has 2 aromatic rings. The molecule has 2 aromatic carbocycles. The maximum absolute atomic E-state index is 12.8. The van der Waals surface area contributed by atoms with E-state index in [1.807, 2.05) is 61.5 Å². The van der Waals surface area contributed by atoms with Crippen LogP contribution in [0.1, 0.15) is 36.0 Å². The Morgan fingerprint density at radius 2 is 1.65 bits per heavy atom. The number of carbonyl (C=O) groups excluding carboxylic acids is 1. The first kappa shape index (κ1) is 19.7. The van der Waals surface area contributed by atoms with Crippen LogP contribution in [0.25, 0.3) is 0 Å². The molecule has 0 aliphatic carbocycles. The van der Waals surface area contributed by atoms with Crippen molar-refractivity contribution in [1.29, 1.82) is 0 Å². The summed E-state index contributed by atoms with van der Waals surface area (Å²) in [5.74, 6) is -2.05. The number of carbonyl (C=O) groups is 2. The van der Waals surface area contributed by atoms with Crippen molar-refractivity contribution < 1.29 is 19.8 Å². The van der Waals surface area contributed by atoms with Crippen LogP contribution in [0.2, 0.25) is 0 Å². The highest BCUT2D eigenvalue weighted by atomic mass is 16.4. The monoisotopic (exact) mass is 355 g/mol. The lowest BCUT2D eigenvalue weighted by Crippen LogP contribution is -2.46. The highest BCUT2D eigenvalue weighted by Crippen LogP contribution is 2.23. The number of rotatable bonds is 8. The van der Waals surface area contributed by atoms with Crippen LogP contribution in [0, 0.1) is 6.92 Å². The van der Waals surface area contributed by atoms with E-state index in [0.29, 0.717) is 6.42 Å². The Kier molecular flexibility index (Phi) is 6.92. The van der Waals surface area contributed by atoms with Crippen molar-refractivity contribution in [2.24, 2.45) is 0 Å². The number of amides is 1. The van der Waals surface area contributed by atoms with E-state index in [2.05, 4.69) is 5.32 Å². The van der Waals surface area contributed by atoms with E-state index >= 15 is 0 Å². The second-order valence-corrected chi connectivity index (χ2v) is 6.51. The Morgan fingerprint density at radius 3 is 2.27 bits per heavy atom. The number of carboxylic acids is 1. The first-order valence-corrected chi connectivity index (χ1v) is 8.71.